The highest BCUT2D eigenvalue weighted by molar-refractivity contribution is 5.92. The minimum absolute atomic E-state index is 0.00723. The summed E-state index contributed by atoms with van der Waals surface area (Å²) in [4.78, 5) is 31.9. The molecule has 1 fully saturated rings. The van der Waals surface area contributed by atoms with Crippen LogP contribution in [0.1, 0.15) is 42.7 Å². The third kappa shape index (κ3) is 3.80. The minimum atomic E-state index is -0.0254. The Morgan fingerprint density at radius 2 is 2.00 bits per heavy atom. The molecule has 1 saturated heterocycles. The zero-order valence-corrected chi connectivity index (χ0v) is 13.0. The van der Waals surface area contributed by atoms with Gasteiger partial charge in [0.05, 0.1) is 0 Å². The topological polar surface area (TPSA) is 53.5 Å². The highest BCUT2D eigenvalue weighted by Crippen LogP contribution is 2.13. The number of likely N-dealkylation sites (tertiary alicyclic amines) is 1. The molecule has 1 aromatic rings. The zero-order valence-electron chi connectivity index (χ0n) is 13.0. The van der Waals surface area contributed by atoms with Gasteiger partial charge in [0.25, 0.3) is 5.91 Å². The van der Waals surface area contributed by atoms with Gasteiger partial charge in [-0.3, -0.25) is 14.6 Å². The molecule has 0 atom stereocenters. The van der Waals surface area contributed by atoms with E-state index in [0.29, 0.717) is 12.2 Å². The van der Waals surface area contributed by atoms with Crippen LogP contribution < -0.4 is 0 Å². The molecule has 5 nitrogen and oxygen atoms in total. The molecule has 1 aromatic heterocycles. The lowest BCUT2D eigenvalue weighted by Crippen LogP contribution is -2.30. The third-order valence-corrected chi connectivity index (χ3v) is 3.73. The standard InChI is InChI=1S/C16H23N3O2/c1-12(2)15(20)18(3)11-13-6-7-17-14(10-13)16(21)19-8-4-5-9-19/h6-7,10,12H,4-5,8-9,11H2,1-3H3. The Morgan fingerprint density at radius 1 is 1.33 bits per heavy atom. The molecule has 21 heavy (non-hydrogen) atoms. The lowest BCUT2D eigenvalue weighted by Gasteiger charge is -2.20. The van der Waals surface area contributed by atoms with Crippen molar-refractivity contribution >= 4 is 11.8 Å². The Morgan fingerprint density at radius 3 is 2.62 bits per heavy atom. The Bertz CT molecular complexity index is 522. The Hall–Kier alpha value is -1.91. The van der Waals surface area contributed by atoms with E-state index in [1.807, 2.05) is 24.8 Å². The smallest absolute Gasteiger partial charge is 0.272 e. The fraction of sp³-hybridized carbons (Fsp3) is 0.562. The predicted molar refractivity (Wildman–Crippen MR) is 80.7 cm³/mol. The van der Waals surface area contributed by atoms with Gasteiger partial charge in [-0.05, 0) is 30.5 Å². The molecule has 114 valence electrons. The molecule has 0 aromatic carbocycles. The molecule has 1 aliphatic heterocycles. The van der Waals surface area contributed by atoms with Crippen LogP contribution in [0.2, 0.25) is 0 Å². The van der Waals surface area contributed by atoms with Crippen molar-refractivity contribution < 1.29 is 9.59 Å². The SMILES string of the molecule is CC(C)C(=O)N(C)Cc1ccnc(C(=O)N2CCCC2)c1. The average Bonchev–Trinajstić information content (AvgIpc) is 3.00. The molecule has 5 heteroatoms. The quantitative estimate of drug-likeness (QED) is 0.851. The molecule has 0 bridgehead atoms. The molecule has 2 amide bonds. The maximum atomic E-state index is 12.3. The van der Waals surface area contributed by atoms with E-state index < -0.39 is 0 Å². The first kappa shape index (κ1) is 15.5. The lowest BCUT2D eigenvalue weighted by molar-refractivity contribution is -0.133. The number of hydrogen-bond acceptors (Lipinski definition) is 3. The van der Waals surface area contributed by atoms with E-state index in [1.54, 1.807) is 24.2 Å². The molecule has 0 aliphatic carbocycles. The Kier molecular flexibility index (Phi) is 4.94. The summed E-state index contributed by atoms with van der Waals surface area (Å²) in [5.74, 6) is 0.0639. The van der Waals surface area contributed by atoms with Gasteiger partial charge < -0.3 is 9.80 Å². The van der Waals surface area contributed by atoms with E-state index >= 15 is 0 Å². The van der Waals surface area contributed by atoms with Gasteiger partial charge in [-0.2, -0.15) is 0 Å². The van der Waals surface area contributed by atoms with E-state index in [0.717, 1.165) is 31.5 Å². The lowest BCUT2D eigenvalue weighted by atomic mass is 10.1. The number of carbonyl (C=O) groups excluding carboxylic acids is 2. The molecule has 0 spiro atoms. The van der Waals surface area contributed by atoms with Crippen molar-refractivity contribution in [3.8, 4) is 0 Å². The number of aromatic nitrogens is 1. The van der Waals surface area contributed by atoms with E-state index in [2.05, 4.69) is 4.98 Å². The van der Waals surface area contributed by atoms with Crippen LogP contribution in [-0.2, 0) is 11.3 Å². The number of nitrogens with zero attached hydrogens (tertiary/aromatic N) is 3. The molecule has 0 saturated carbocycles. The van der Waals surface area contributed by atoms with Crippen LogP contribution in [0.15, 0.2) is 18.3 Å². The van der Waals surface area contributed by atoms with Gasteiger partial charge in [0.2, 0.25) is 5.91 Å². The summed E-state index contributed by atoms with van der Waals surface area (Å²) in [6.07, 6.45) is 3.78. The molecule has 2 heterocycles. The maximum absolute atomic E-state index is 12.3. The number of rotatable bonds is 4. The Labute approximate surface area is 126 Å². The van der Waals surface area contributed by atoms with E-state index in [-0.39, 0.29) is 17.7 Å². The molecule has 1 aliphatic rings. The summed E-state index contributed by atoms with van der Waals surface area (Å²) in [6, 6.07) is 3.65. The molecule has 2 rings (SSSR count). The van der Waals surface area contributed by atoms with Crippen LogP contribution in [0.25, 0.3) is 0 Å². The molecule has 0 unspecified atom stereocenters. The van der Waals surface area contributed by atoms with Crippen molar-refractivity contribution in [2.75, 3.05) is 20.1 Å². The zero-order chi connectivity index (χ0) is 15.4. The molecular formula is C16H23N3O2. The maximum Gasteiger partial charge on any atom is 0.272 e. The molecule has 0 N–H and O–H groups in total. The van der Waals surface area contributed by atoms with Gasteiger partial charge in [-0.1, -0.05) is 13.8 Å². The normalized spacial score (nSPS) is 14.6. The summed E-state index contributed by atoms with van der Waals surface area (Å²) in [7, 11) is 1.78. The summed E-state index contributed by atoms with van der Waals surface area (Å²) in [5.41, 5.74) is 1.41. The molecular weight excluding hydrogens is 266 g/mol. The summed E-state index contributed by atoms with van der Waals surface area (Å²) in [5, 5.41) is 0. The van der Waals surface area contributed by atoms with Crippen LogP contribution in [0, 0.1) is 5.92 Å². The van der Waals surface area contributed by atoms with Gasteiger partial charge in [-0.25, -0.2) is 0 Å². The number of amides is 2. The molecule has 0 radical (unpaired) electrons. The van der Waals surface area contributed by atoms with Crippen molar-refractivity contribution in [2.24, 2.45) is 5.92 Å². The van der Waals surface area contributed by atoms with Crippen LogP contribution >= 0.6 is 0 Å². The van der Waals surface area contributed by atoms with Crippen molar-refractivity contribution in [3.63, 3.8) is 0 Å². The first-order valence-electron chi connectivity index (χ1n) is 7.48. The second kappa shape index (κ2) is 6.70. The summed E-state index contributed by atoms with van der Waals surface area (Å²) in [6.45, 7) is 5.90. The largest absolute Gasteiger partial charge is 0.341 e. The Balaban J connectivity index is 2.07. The van der Waals surface area contributed by atoms with Crippen molar-refractivity contribution in [2.45, 2.75) is 33.2 Å². The monoisotopic (exact) mass is 289 g/mol. The number of pyridine rings is 1. The first-order chi connectivity index (χ1) is 9.99. The van der Waals surface area contributed by atoms with Gasteiger partial charge in [-0.15, -0.1) is 0 Å². The van der Waals surface area contributed by atoms with Crippen LogP contribution in [0.4, 0.5) is 0 Å². The highest BCUT2D eigenvalue weighted by atomic mass is 16.2. The van der Waals surface area contributed by atoms with Crippen LogP contribution in [0.5, 0.6) is 0 Å². The van der Waals surface area contributed by atoms with Crippen LogP contribution in [0.3, 0.4) is 0 Å². The van der Waals surface area contributed by atoms with Gasteiger partial charge in [0.1, 0.15) is 5.69 Å². The van der Waals surface area contributed by atoms with Crippen molar-refractivity contribution in [1.82, 2.24) is 14.8 Å². The van der Waals surface area contributed by atoms with E-state index in [9.17, 15) is 9.59 Å². The van der Waals surface area contributed by atoms with E-state index in [1.165, 1.54) is 0 Å². The highest BCUT2D eigenvalue weighted by Gasteiger charge is 2.21. The van der Waals surface area contributed by atoms with Gasteiger partial charge in [0, 0.05) is 38.8 Å². The van der Waals surface area contributed by atoms with Crippen molar-refractivity contribution in [1.29, 1.82) is 0 Å². The third-order valence-electron chi connectivity index (χ3n) is 3.73. The van der Waals surface area contributed by atoms with Crippen LogP contribution in [-0.4, -0.2) is 46.7 Å². The first-order valence-corrected chi connectivity index (χ1v) is 7.48. The fourth-order valence-corrected chi connectivity index (χ4v) is 2.56. The van der Waals surface area contributed by atoms with Gasteiger partial charge in [0.15, 0.2) is 0 Å². The number of hydrogen-bond donors (Lipinski definition) is 0. The summed E-state index contributed by atoms with van der Waals surface area (Å²) >= 11 is 0. The van der Waals surface area contributed by atoms with Gasteiger partial charge >= 0.3 is 0 Å². The second-order valence-electron chi connectivity index (χ2n) is 5.90. The van der Waals surface area contributed by atoms with Crippen molar-refractivity contribution in [3.05, 3.63) is 29.6 Å². The second-order valence-corrected chi connectivity index (χ2v) is 5.90. The predicted octanol–water partition coefficient (Wildman–Crippen LogP) is 1.93. The minimum Gasteiger partial charge on any atom is -0.341 e. The fourth-order valence-electron chi connectivity index (χ4n) is 2.56. The number of carbonyl (C=O) groups is 2. The summed E-state index contributed by atoms with van der Waals surface area (Å²) < 4.78 is 0. The average molecular weight is 289 g/mol. The van der Waals surface area contributed by atoms with E-state index in [4.69, 9.17) is 0 Å².